The number of benzene rings is 1. The van der Waals surface area contributed by atoms with Gasteiger partial charge in [0, 0.05) is 12.0 Å². The summed E-state index contributed by atoms with van der Waals surface area (Å²) in [6, 6.07) is 8.83. The molecule has 0 aliphatic carbocycles. The zero-order valence-corrected chi connectivity index (χ0v) is 15.9. The van der Waals surface area contributed by atoms with Crippen LogP contribution in [0.1, 0.15) is 40.1 Å². The van der Waals surface area contributed by atoms with Gasteiger partial charge in [0.15, 0.2) is 17.4 Å². The normalized spacial score (nSPS) is 17.7. The highest BCUT2D eigenvalue weighted by molar-refractivity contribution is 5.96. The average molecular weight is 406 g/mol. The molecule has 1 unspecified atom stereocenters. The minimum atomic E-state index is -1.10. The molecule has 7 nitrogen and oxygen atoms in total. The van der Waals surface area contributed by atoms with E-state index in [1.165, 1.54) is 24.4 Å². The number of carbonyl (C=O) groups excluding carboxylic acids is 1. The van der Waals surface area contributed by atoms with Gasteiger partial charge >= 0.3 is 0 Å². The summed E-state index contributed by atoms with van der Waals surface area (Å²) in [5, 5.41) is 9.30. The number of hydrogen-bond donors (Lipinski definition) is 1. The number of Topliss-reactive ketones (excluding diaryl/α,β-unsaturated/α-hetero) is 1. The standard InChI is InChI=1S/C21H16F2N6O/c1-21(11-29-14(8-24)10-27-20(29)19(25)28-21)15-6-12(2-4-16(15)23)7-18(30)17-5-3-13(22)9-26-17/h2-6,9-10H,7,11H2,1H3,(H2,25,28). The number of hydrogen-bond acceptors (Lipinski definition) is 6. The van der Waals surface area contributed by atoms with E-state index in [0.29, 0.717) is 17.1 Å². The molecular weight excluding hydrogens is 390 g/mol. The number of pyridine rings is 1. The van der Waals surface area contributed by atoms with E-state index < -0.39 is 17.2 Å². The first-order valence-corrected chi connectivity index (χ1v) is 9.06. The molecule has 0 spiro atoms. The van der Waals surface area contributed by atoms with Crippen LogP contribution < -0.4 is 5.73 Å². The van der Waals surface area contributed by atoms with E-state index in [9.17, 15) is 18.8 Å². The quantitative estimate of drug-likeness (QED) is 0.670. The lowest BCUT2D eigenvalue weighted by atomic mass is 9.88. The van der Waals surface area contributed by atoms with E-state index >= 15 is 0 Å². The molecule has 1 aliphatic heterocycles. The minimum absolute atomic E-state index is 0.0407. The first-order valence-electron chi connectivity index (χ1n) is 9.06. The van der Waals surface area contributed by atoms with Gasteiger partial charge in [-0.1, -0.05) is 6.07 Å². The Morgan fingerprint density at radius 3 is 2.77 bits per heavy atom. The van der Waals surface area contributed by atoms with Crippen molar-refractivity contribution in [2.24, 2.45) is 10.7 Å². The smallest absolute Gasteiger partial charge is 0.185 e. The van der Waals surface area contributed by atoms with Crippen molar-refractivity contribution in [3.8, 4) is 6.07 Å². The van der Waals surface area contributed by atoms with Gasteiger partial charge in [0.05, 0.1) is 18.9 Å². The third-order valence-corrected chi connectivity index (χ3v) is 5.02. The van der Waals surface area contributed by atoms with Crippen LogP contribution in [0.15, 0.2) is 47.7 Å². The molecule has 1 aromatic carbocycles. The molecule has 2 aromatic heterocycles. The van der Waals surface area contributed by atoms with Gasteiger partial charge in [-0.15, -0.1) is 0 Å². The van der Waals surface area contributed by atoms with E-state index in [0.717, 1.165) is 12.3 Å². The summed E-state index contributed by atoms with van der Waals surface area (Å²) in [7, 11) is 0. The molecule has 0 fully saturated rings. The van der Waals surface area contributed by atoms with Crippen LogP contribution in [-0.4, -0.2) is 26.2 Å². The van der Waals surface area contributed by atoms with Crippen LogP contribution in [-0.2, 0) is 18.5 Å². The Kier molecular flexibility index (Phi) is 4.62. The highest BCUT2D eigenvalue weighted by Crippen LogP contribution is 2.34. The molecule has 30 heavy (non-hydrogen) atoms. The summed E-state index contributed by atoms with van der Waals surface area (Å²) >= 11 is 0. The van der Waals surface area contributed by atoms with Gasteiger partial charge in [-0.05, 0) is 36.8 Å². The molecule has 2 N–H and O–H groups in total. The summed E-state index contributed by atoms with van der Waals surface area (Å²) in [5.41, 5.74) is 6.14. The number of ketones is 1. The molecule has 0 bridgehead atoms. The molecule has 1 aliphatic rings. The summed E-state index contributed by atoms with van der Waals surface area (Å²) in [6.45, 7) is 1.87. The first kappa shape index (κ1) is 19.4. The van der Waals surface area contributed by atoms with Crippen molar-refractivity contribution in [3.63, 3.8) is 0 Å². The van der Waals surface area contributed by atoms with Crippen LogP contribution in [0.3, 0.4) is 0 Å². The van der Waals surface area contributed by atoms with Crippen LogP contribution in [0.2, 0.25) is 0 Å². The molecule has 1 atom stereocenters. The number of nitrogens with two attached hydrogens (primary N) is 1. The first-order chi connectivity index (χ1) is 14.3. The Morgan fingerprint density at radius 2 is 2.07 bits per heavy atom. The SMILES string of the molecule is CC1(c2cc(CC(=O)c3ccc(F)cn3)ccc2F)Cn2c(C#N)cnc2C(N)=N1. The third kappa shape index (κ3) is 3.33. The number of rotatable bonds is 4. The summed E-state index contributed by atoms with van der Waals surface area (Å²) < 4.78 is 29.4. The number of aliphatic imine (C=N–C) groups is 1. The number of carbonyl (C=O) groups is 1. The molecule has 3 aromatic rings. The second kappa shape index (κ2) is 7.15. The van der Waals surface area contributed by atoms with E-state index in [1.54, 1.807) is 17.6 Å². The maximum Gasteiger partial charge on any atom is 0.185 e. The Bertz CT molecular complexity index is 1230. The molecule has 0 saturated heterocycles. The van der Waals surface area contributed by atoms with Crippen LogP contribution in [0.25, 0.3) is 0 Å². The van der Waals surface area contributed by atoms with Crippen molar-refractivity contribution in [2.45, 2.75) is 25.4 Å². The van der Waals surface area contributed by atoms with Gasteiger partial charge in [0.2, 0.25) is 0 Å². The van der Waals surface area contributed by atoms with Crippen LogP contribution in [0, 0.1) is 23.0 Å². The number of nitrogens with zero attached hydrogens (tertiary/aromatic N) is 5. The maximum atomic E-state index is 14.8. The summed E-state index contributed by atoms with van der Waals surface area (Å²) in [6.07, 6.45) is 2.32. The molecule has 3 heterocycles. The van der Waals surface area contributed by atoms with E-state index in [-0.39, 0.29) is 35.8 Å². The fourth-order valence-electron chi connectivity index (χ4n) is 3.55. The lowest BCUT2D eigenvalue weighted by Crippen LogP contribution is -2.38. The Hall–Kier alpha value is -3.93. The van der Waals surface area contributed by atoms with Crippen molar-refractivity contribution >= 4 is 11.6 Å². The Morgan fingerprint density at radius 1 is 1.27 bits per heavy atom. The number of aromatic nitrogens is 3. The fraction of sp³-hybridized carbons (Fsp3) is 0.190. The lowest BCUT2D eigenvalue weighted by Gasteiger charge is -2.32. The number of nitriles is 1. The Labute approximate surface area is 170 Å². The number of imidazole rings is 1. The van der Waals surface area contributed by atoms with Crippen molar-refractivity contribution < 1.29 is 13.6 Å². The van der Waals surface area contributed by atoms with Gasteiger partial charge in [-0.2, -0.15) is 5.26 Å². The summed E-state index contributed by atoms with van der Waals surface area (Å²) in [4.78, 5) is 24.8. The van der Waals surface area contributed by atoms with Crippen molar-refractivity contribution in [3.05, 3.63) is 82.7 Å². The third-order valence-electron chi connectivity index (χ3n) is 5.02. The predicted molar refractivity (Wildman–Crippen MR) is 104 cm³/mol. The molecule has 4 rings (SSSR count). The van der Waals surface area contributed by atoms with Crippen molar-refractivity contribution in [1.82, 2.24) is 14.5 Å². The lowest BCUT2D eigenvalue weighted by molar-refractivity contribution is 0.0988. The fourth-order valence-corrected chi connectivity index (χ4v) is 3.55. The van der Waals surface area contributed by atoms with Gasteiger partial charge in [-0.25, -0.2) is 13.8 Å². The van der Waals surface area contributed by atoms with Gasteiger partial charge in [-0.3, -0.25) is 14.8 Å². The molecule has 0 saturated carbocycles. The molecule has 0 radical (unpaired) electrons. The molecule has 9 heteroatoms. The van der Waals surface area contributed by atoms with Gasteiger partial charge < -0.3 is 10.3 Å². The average Bonchev–Trinajstić information content (AvgIpc) is 3.12. The Balaban J connectivity index is 1.68. The van der Waals surface area contributed by atoms with Crippen LogP contribution in [0.4, 0.5) is 8.78 Å². The largest absolute Gasteiger partial charge is 0.381 e. The molecule has 0 amide bonds. The maximum absolute atomic E-state index is 14.8. The van der Waals surface area contributed by atoms with E-state index in [1.807, 2.05) is 6.07 Å². The van der Waals surface area contributed by atoms with Gasteiger partial charge in [0.1, 0.15) is 34.6 Å². The number of fused-ring (bicyclic) bond motifs is 1. The number of amidine groups is 1. The van der Waals surface area contributed by atoms with E-state index in [2.05, 4.69) is 15.0 Å². The van der Waals surface area contributed by atoms with E-state index in [4.69, 9.17) is 5.73 Å². The second-order valence-corrected chi connectivity index (χ2v) is 7.21. The van der Waals surface area contributed by atoms with Crippen molar-refractivity contribution in [1.29, 1.82) is 5.26 Å². The molecular formula is C21H16F2N6O. The topological polar surface area (TPSA) is 110 Å². The van der Waals surface area contributed by atoms with Crippen molar-refractivity contribution in [2.75, 3.05) is 0 Å². The molecule has 150 valence electrons. The second-order valence-electron chi connectivity index (χ2n) is 7.21. The zero-order valence-electron chi connectivity index (χ0n) is 15.9. The zero-order chi connectivity index (χ0) is 21.5. The summed E-state index contributed by atoms with van der Waals surface area (Å²) in [5.74, 6) is -0.910. The minimum Gasteiger partial charge on any atom is -0.381 e. The highest BCUT2D eigenvalue weighted by atomic mass is 19.1. The van der Waals surface area contributed by atoms with Crippen LogP contribution >= 0.6 is 0 Å². The van der Waals surface area contributed by atoms with Gasteiger partial charge in [0.25, 0.3) is 0 Å². The highest BCUT2D eigenvalue weighted by Gasteiger charge is 2.36. The number of halogens is 2. The monoisotopic (exact) mass is 406 g/mol. The van der Waals surface area contributed by atoms with Crippen LogP contribution in [0.5, 0.6) is 0 Å². The predicted octanol–water partition coefficient (Wildman–Crippen LogP) is 2.49.